The van der Waals surface area contributed by atoms with Crippen LogP contribution >= 0.6 is 0 Å². The van der Waals surface area contributed by atoms with Crippen LogP contribution in [0.3, 0.4) is 0 Å². The third-order valence-electron chi connectivity index (χ3n) is 2.85. The minimum absolute atomic E-state index is 0.0268. The number of rotatable bonds is 3. The highest BCUT2D eigenvalue weighted by molar-refractivity contribution is 5.41. The smallest absolute Gasteiger partial charge is 0.0991 e. The summed E-state index contributed by atoms with van der Waals surface area (Å²) in [6.45, 7) is 3.89. The summed E-state index contributed by atoms with van der Waals surface area (Å²) in [5, 5.41) is 18.0. The zero-order chi connectivity index (χ0) is 10.8. The van der Waals surface area contributed by atoms with Gasteiger partial charge in [-0.1, -0.05) is 6.07 Å². The van der Waals surface area contributed by atoms with Crippen molar-refractivity contribution in [2.24, 2.45) is 0 Å². The van der Waals surface area contributed by atoms with E-state index in [4.69, 9.17) is 10.4 Å². The van der Waals surface area contributed by atoms with Gasteiger partial charge in [-0.15, -0.1) is 0 Å². The summed E-state index contributed by atoms with van der Waals surface area (Å²) in [5.74, 6) is 0.499. The van der Waals surface area contributed by atoms with Gasteiger partial charge in [0.2, 0.25) is 0 Å². The molecule has 1 aromatic carbocycles. The summed E-state index contributed by atoms with van der Waals surface area (Å²) < 4.78 is 0. The maximum Gasteiger partial charge on any atom is 0.0991 e. The van der Waals surface area contributed by atoms with Crippen molar-refractivity contribution in [3.05, 3.63) is 41.8 Å². The van der Waals surface area contributed by atoms with E-state index in [1.807, 2.05) is 12.1 Å². The second-order valence-corrected chi connectivity index (χ2v) is 4.15. The minimum Gasteiger partial charge on any atom is -0.396 e. The van der Waals surface area contributed by atoms with Gasteiger partial charge in [-0.3, -0.25) is 0 Å². The summed E-state index contributed by atoms with van der Waals surface area (Å²) in [5.41, 5.74) is 2.88. The molecule has 0 heterocycles. The Balaban J connectivity index is 2.37. The summed E-state index contributed by atoms with van der Waals surface area (Å²) in [6, 6.07) is 8.00. The van der Waals surface area contributed by atoms with E-state index in [9.17, 15) is 0 Å². The van der Waals surface area contributed by atoms with Crippen LogP contribution in [0.4, 0.5) is 0 Å². The fourth-order valence-electron chi connectivity index (χ4n) is 1.73. The Hall–Kier alpha value is -1.33. The lowest BCUT2D eigenvalue weighted by atomic mass is 9.95. The fraction of sp³-hybridized carbons (Fsp3) is 0.385. The van der Waals surface area contributed by atoms with Crippen molar-refractivity contribution >= 4 is 0 Å². The largest absolute Gasteiger partial charge is 0.396 e. The molecule has 0 aliphatic heterocycles. The van der Waals surface area contributed by atoms with Gasteiger partial charge < -0.3 is 5.11 Å². The van der Waals surface area contributed by atoms with E-state index in [-0.39, 0.29) is 12.5 Å². The van der Waals surface area contributed by atoms with E-state index < -0.39 is 0 Å². The van der Waals surface area contributed by atoms with Gasteiger partial charge in [0.15, 0.2) is 0 Å². The molecule has 0 saturated heterocycles. The second-order valence-electron chi connectivity index (χ2n) is 4.15. The van der Waals surface area contributed by atoms with Crippen LogP contribution in [-0.4, -0.2) is 11.7 Å². The van der Waals surface area contributed by atoms with Crippen molar-refractivity contribution in [1.29, 1.82) is 5.26 Å². The molecule has 1 unspecified atom stereocenters. The number of hydrogen-bond donors (Lipinski definition) is 1. The molecule has 1 aliphatic rings. The molecule has 0 bridgehead atoms. The number of aliphatic hydroxyl groups excluding tert-OH is 1. The van der Waals surface area contributed by atoms with Gasteiger partial charge in [0.25, 0.3) is 0 Å². The van der Waals surface area contributed by atoms with E-state index in [0.717, 1.165) is 5.56 Å². The van der Waals surface area contributed by atoms with Crippen molar-refractivity contribution in [2.45, 2.75) is 24.7 Å². The standard InChI is InChI=1S/C13H14NO/c1-9(8-15)12-4-10(7-14)5-13(6-12)11-2-3-11/h4-6,9,11,15H,1-3,8H2. The molecule has 1 aliphatic carbocycles. The first kappa shape index (κ1) is 10.2. The van der Waals surface area contributed by atoms with Crippen LogP contribution in [0.25, 0.3) is 0 Å². The highest BCUT2D eigenvalue weighted by atomic mass is 16.3. The summed E-state index contributed by atoms with van der Waals surface area (Å²) >= 11 is 0. The summed E-state index contributed by atoms with van der Waals surface area (Å²) in [6.07, 6.45) is 2.44. The quantitative estimate of drug-likeness (QED) is 0.813. The minimum atomic E-state index is -0.129. The van der Waals surface area contributed by atoms with Crippen LogP contribution in [0.15, 0.2) is 18.2 Å². The van der Waals surface area contributed by atoms with Gasteiger partial charge in [-0.2, -0.15) is 5.26 Å². The third kappa shape index (κ3) is 2.19. The fourth-order valence-corrected chi connectivity index (χ4v) is 1.73. The molecule has 2 nitrogen and oxygen atoms in total. The molecule has 2 rings (SSSR count). The van der Waals surface area contributed by atoms with Crippen LogP contribution in [0.1, 0.15) is 41.4 Å². The molecule has 0 aromatic heterocycles. The van der Waals surface area contributed by atoms with Gasteiger partial charge in [-0.25, -0.2) is 0 Å². The van der Waals surface area contributed by atoms with E-state index in [0.29, 0.717) is 11.5 Å². The van der Waals surface area contributed by atoms with Crippen LogP contribution in [0, 0.1) is 18.3 Å². The van der Waals surface area contributed by atoms with Crippen molar-refractivity contribution in [3.63, 3.8) is 0 Å². The third-order valence-corrected chi connectivity index (χ3v) is 2.85. The Bertz CT molecular complexity index is 401. The molecular weight excluding hydrogens is 186 g/mol. The second kappa shape index (κ2) is 4.04. The Kier molecular flexibility index (Phi) is 2.75. The predicted octanol–water partition coefficient (Wildman–Crippen LogP) is 2.35. The first-order valence-corrected chi connectivity index (χ1v) is 5.23. The van der Waals surface area contributed by atoms with E-state index >= 15 is 0 Å². The predicted molar refractivity (Wildman–Crippen MR) is 58.3 cm³/mol. The highest BCUT2D eigenvalue weighted by Crippen LogP contribution is 2.41. The topological polar surface area (TPSA) is 44.0 Å². The lowest BCUT2D eigenvalue weighted by Crippen LogP contribution is -2.00. The van der Waals surface area contributed by atoms with Crippen molar-refractivity contribution < 1.29 is 5.11 Å². The monoisotopic (exact) mass is 200 g/mol. The highest BCUT2D eigenvalue weighted by Gasteiger charge is 2.24. The molecule has 15 heavy (non-hydrogen) atoms. The molecule has 1 N–H and O–H groups in total. The first-order chi connectivity index (χ1) is 7.24. The maximum atomic E-state index is 9.05. The molecule has 77 valence electrons. The van der Waals surface area contributed by atoms with Gasteiger partial charge in [0.05, 0.1) is 11.6 Å². The zero-order valence-electron chi connectivity index (χ0n) is 8.61. The molecule has 1 aromatic rings. The number of aliphatic hydroxyl groups is 1. The van der Waals surface area contributed by atoms with Gasteiger partial charge >= 0.3 is 0 Å². The molecule has 0 amide bonds. The van der Waals surface area contributed by atoms with Gasteiger partial charge in [0, 0.05) is 12.5 Å². The van der Waals surface area contributed by atoms with Crippen LogP contribution < -0.4 is 0 Å². The van der Waals surface area contributed by atoms with Gasteiger partial charge in [-0.05, 0) is 48.9 Å². The summed E-state index contributed by atoms with van der Waals surface area (Å²) in [4.78, 5) is 0. The van der Waals surface area contributed by atoms with Gasteiger partial charge in [0.1, 0.15) is 0 Å². The van der Waals surface area contributed by atoms with E-state index in [1.165, 1.54) is 18.4 Å². The van der Waals surface area contributed by atoms with Crippen molar-refractivity contribution in [2.75, 3.05) is 6.61 Å². The Morgan fingerprint density at radius 2 is 2.20 bits per heavy atom. The normalized spacial score (nSPS) is 17.1. The molecule has 1 atom stereocenters. The molecular formula is C13H14NO. The molecule has 1 radical (unpaired) electrons. The Labute approximate surface area is 90.2 Å². The maximum absolute atomic E-state index is 9.05. The zero-order valence-corrected chi connectivity index (χ0v) is 8.61. The molecule has 0 spiro atoms. The Morgan fingerprint density at radius 3 is 2.73 bits per heavy atom. The number of benzene rings is 1. The number of nitrogens with zero attached hydrogens (tertiary/aromatic N) is 1. The molecule has 1 fully saturated rings. The Morgan fingerprint density at radius 1 is 1.47 bits per heavy atom. The van der Waals surface area contributed by atoms with Crippen LogP contribution in [0.5, 0.6) is 0 Å². The number of hydrogen-bond acceptors (Lipinski definition) is 2. The average Bonchev–Trinajstić information content (AvgIpc) is 3.11. The molecule has 2 heteroatoms. The van der Waals surface area contributed by atoms with Crippen molar-refractivity contribution in [1.82, 2.24) is 0 Å². The van der Waals surface area contributed by atoms with Crippen LogP contribution in [-0.2, 0) is 0 Å². The van der Waals surface area contributed by atoms with Crippen molar-refractivity contribution in [3.8, 4) is 6.07 Å². The lowest BCUT2D eigenvalue weighted by Gasteiger charge is -2.10. The SMILES string of the molecule is [CH2]C(CO)c1cc(C#N)cc(C2CC2)c1. The van der Waals surface area contributed by atoms with E-state index in [1.54, 1.807) is 0 Å². The summed E-state index contributed by atoms with van der Waals surface area (Å²) in [7, 11) is 0. The van der Waals surface area contributed by atoms with Crippen LogP contribution in [0.2, 0.25) is 0 Å². The van der Waals surface area contributed by atoms with E-state index in [2.05, 4.69) is 19.1 Å². The lowest BCUT2D eigenvalue weighted by molar-refractivity contribution is 0.282. The number of nitriles is 1. The average molecular weight is 200 g/mol. The molecule has 1 saturated carbocycles. The first-order valence-electron chi connectivity index (χ1n) is 5.23.